The smallest absolute Gasteiger partial charge is 0.124 e. The van der Waals surface area contributed by atoms with Crippen molar-refractivity contribution in [2.45, 2.75) is 45.8 Å². The van der Waals surface area contributed by atoms with Crippen LogP contribution in [-0.4, -0.2) is 25.2 Å². The van der Waals surface area contributed by atoms with Gasteiger partial charge in [-0.25, -0.2) is 0 Å². The lowest BCUT2D eigenvalue weighted by Gasteiger charge is -2.24. The van der Waals surface area contributed by atoms with Gasteiger partial charge in [0, 0.05) is 34.7 Å². The van der Waals surface area contributed by atoms with Gasteiger partial charge in [0.25, 0.3) is 0 Å². The molecule has 1 aromatic carbocycles. The molecule has 19 heavy (non-hydrogen) atoms. The average molecular weight is 329 g/mol. The van der Waals surface area contributed by atoms with Gasteiger partial charge < -0.3 is 15.4 Å². The van der Waals surface area contributed by atoms with Crippen LogP contribution in [0.2, 0.25) is 0 Å². The van der Waals surface area contributed by atoms with Crippen molar-refractivity contribution in [1.82, 2.24) is 10.6 Å². The van der Waals surface area contributed by atoms with Crippen molar-refractivity contribution in [2.75, 3.05) is 13.7 Å². The Hall–Kier alpha value is -0.580. The zero-order valence-electron chi connectivity index (χ0n) is 12.5. The van der Waals surface area contributed by atoms with E-state index in [1.807, 2.05) is 12.1 Å². The fourth-order valence-corrected chi connectivity index (χ4v) is 2.02. The van der Waals surface area contributed by atoms with Gasteiger partial charge in [-0.05, 0) is 39.8 Å². The molecule has 0 aliphatic carbocycles. The second-order valence-electron chi connectivity index (χ2n) is 5.87. The Kier molecular flexibility index (Phi) is 6.30. The third-order valence-electron chi connectivity index (χ3n) is 2.83. The summed E-state index contributed by atoms with van der Waals surface area (Å²) in [6, 6.07) is 6.53. The van der Waals surface area contributed by atoms with Crippen LogP contribution in [0.1, 0.15) is 33.3 Å². The molecule has 0 fully saturated rings. The molecule has 0 spiro atoms. The molecule has 2 N–H and O–H groups in total. The number of hydrogen-bond acceptors (Lipinski definition) is 3. The van der Waals surface area contributed by atoms with E-state index in [0.717, 1.165) is 23.3 Å². The van der Waals surface area contributed by atoms with Gasteiger partial charge in [-0.15, -0.1) is 0 Å². The SMILES string of the molecule is COc1cc(Br)ccc1CNC(C)CNC(C)(C)C. The summed E-state index contributed by atoms with van der Waals surface area (Å²) >= 11 is 3.45. The second-order valence-corrected chi connectivity index (χ2v) is 6.78. The summed E-state index contributed by atoms with van der Waals surface area (Å²) in [5.74, 6) is 0.915. The molecule has 0 bridgehead atoms. The van der Waals surface area contributed by atoms with E-state index in [9.17, 15) is 0 Å². The van der Waals surface area contributed by atoms with Gasteiger partial charge in [-0.3, -0.25) is 0 Å². The molecule has 0 amide bonds. The van der Waals surface area contributed by atoms with Gasteiger partial charge in [0.15, 0.2) is 0 Å². The summed E-state index contributed by atoms with van der Waals surface area (Å²) in [5.41, 5.74) is 1.33. The van der Waals surface area contributed by atoms with E-state index in [-0.39, 0.29) is 5.54 Å². The molecule has 0 saturated carbocycles. The Morgan fingerprint density at radius 2 is 2.00 bits per heavy atom. The molecule has 1 rings (SSSR count). The summed E-state index contributed by atoms with van der Waals surface area (Å²) in [5, 5.41) is 7.00. The van der Waals surface area contributed by atoms with E-state index < -0.39 is 0 Å². The largest absolute Gasteiger partial charge is 0.496 e. The first kappa shape index (κ1) is 16.5. The van der Waals surface area contributed by atoms with E-state index in [1.54, 1.807) is 7.11 Å². The van der Waals surface area contributed by atoms with Crippen LogP contribution in [0.4, 0.5) is 0 Å². The quantitative estimate of drug-likeness (QED) is 0.840. The predicted octanol–water partition coefficient (Wildman–Crippen LogP) is 3.32. The lowest BCUT2D eigenvalue weighted by Crippen LogP contribution is -2.44. The van der Waals surface area contributed by atoms with Crippen LogP contribution in [0, 0.1) is 0 Å². The van der Waals surface area contributed by atoms with Crippen molar-refractivity contribution >= 4 is 15.9 Å². The van der Waals surface area contributed by atoms with Gasteiger partial charge in [0.2, 0.25) is 0 Å². The molecular weight excluding hydrogens is 304 g/mol. The first-order chi connectivity index (χ1) is 8.81. The molecule has 4 heteroatoms. The number of methoxy groups -OCH3 is 1. The molecule has 1 atom stereocenters. The van der Waals surface area contributed by atoms with E-state index in [1.165, 1.54) is 5.56 Å². The second kappa shape index (κ2) is 7.27. The van der Waals surface area contributed by atoms with Crippen molar-refractivity contribution in [2.24, 2.45) is 0 Å². The zero-order chi connectivity index (χ0) is 14.5. The molecule has 0 aliphatic heterocycles. The lowest BCUT2D eigenvalue weighted by molar-refractivity contribution is 0.381. The maximum Gasteiger partial charge on any atom is 0.124 e. The summed E-state index contributed by atoms with van der Waals surface area (Å²) in [6.45, 7) is 10.5. The minimum Gasteiger partial charge on any atom is -0.496 e. The third kappa shape index (κ3) is 6.41. The Labute approximate surface area is 125 Å². The molecule has 108 valence electrons. The maximum atomic E-state index is 5.39. The number of ether oxygens (including phenoxy) is 1. The molecule has 0 heterocycles. The van der Waals surface area contributed by atoms with Crippen molar-refractivity contribution in [1.29, 1.82) is 0 Å². The van der Waals surface area contributed by atoms with Crippen molar-refractivity contribution < 1.29 is 4.74 Å². The van der Waals surface area contributed by atoms with Gasteiger partial charge in [-0.1, -0.05) is 22.0 Å². The van der Waals surface area contributed by atoms with Crippen molar-refractivity contribution in [3.63, 3.8) is 0 Å². The molecule has 1 aromatic rings. The third-order valence-corrected chi connectivity index (χ3v) is 3.32. The van der Waals surface area contributed by atoms with Crippen LogP contribution < -0.4 is 15.4 Å². The lowest BCUT2D eigenvalue weighted by atomic mass is 10.1. The molecular formula is C15H25BrN2O. The molecule has 1 unspecified atom stereocenters. The first-order valence-electron chi connectivity index (χ1n) is 6.62. The van der Waals surface area contributed by atoms with Gasteiger partial charge in [0.05, 0.1) is 7.11 Å². The summed E-state index contributed by atoms with van der Waals surface area (Å²) in [7, 11) is 1.70. The molecule has 0 aromatic heterocycles. The molecule has 0 saturated heterocycles. The molecule has 0 radical (unpaired) electrons. The highest BCUT2D eigenvalue weighted by Gasteiger charge is 2.11. The number of nitrogens with one attached hydrogen (secondary N) is 2. The van der Waals surface area contributed by atoms with Gasteiger partial charge >= 0.3 is 0 Å². The van der Waals surface area contributed by atoms with E-state index in [4.69, 9.17) is 4.74 Å². The van der Waals surface area contributed by atoms with E-state index >= 15 is 0 Å². The van der Waals surface area contributed by atoms with Crippen LogP contribution in [0.3, 0.4) is 0 Å². The fourth-order valence-electron chi connectivity index (χ4n) is 1.68. The monoisotopic (exact) mass is 328 g/mol. The highest BCUT2D eigenvalue weighted by molar-refractivity contribution is 9.10. The van der Waals surface area contributed by atoms with Crippen LogP contribution in [0.15, 0.2) is 22.7 Å². The molecule has 3 nitrogen and oxygen atoms in total. The Bertz CT molecular complexity index is 402. The Morgan fingerprint density at radius 1 is 1.32 bits per heavy atom. The topological polar surface area (TPSA) is 33.3 Å². The van der Waals surface area contributed by atoms with Gasteiger partial charge in [0.1, 0.15) is 5.75 Å². The average Bonchev–Trinajstić information content (AvgIpc) is 2.33. The maximum absolute atomic E-state index is 5.39. The summed E-state index contributed by atoms with van der Waals surface area (Å²) in [6.07, 6.45) is 0. The number of halogens is 1. The minimum atomic E-state index is 0.158. The van der Waals surface area contributed by atoms with Crippen LogP contribution in [-0.2, 0) is 6.54 Å². The fraction of sp³-hybridized carbons (Fsp3) is 0.600. The highest BCUT2D eigenvalue weighted by Crippen LogP contribution is 2.23. The van der Waals surface area contributed by atoms with Crippen molar-refractivity contribution in [3.8, 4) is 5.75 Å². The van der Waals surface area contributed by atoms with Crippen LogP contribution >= 0.6 is 15.9 Å². The first-order valence-corrected chi connectivity index (χ1v) is 7.42. The van der Waals surface area contributed by atoms with Crippen LogP contribution in [0.5, 0.6) is 5.75 Å². The van der Waals surface area contributed by atoms with Crippen LogP contribution in [0.25, 0.3) is 0 Å². The van der Waals surface area contributed by atoms with Crippen molar-refractivity contribution in [3.05, 3.63) is 28.2 Å². The van der Waals surface area contributed by atoms with E-state index in [0.29, 0.717) is 6.04 Å². The Morgan fingerprint density at radius 3 is 2.58 bits per heavy atom. The zero-order valence-corrected chi connectivity index (χ0v) is 14.1. The number of rotatable bonds is 6. The summed E-state index contributed by atoms with van der Waals surface area (Å²) in [4.78, 5) is 0. The standard InChI is InChI=1S/C15H25BrN2O/c1-11(9-18-15(2,3)4)17-10-12-6-7-13(16)8-14(12)19-5/h6-8,11,17-18H,9-10H2,1-5H3. The highest BCUT2D eigenvalue weighted by atomic mass is 79.9. The minimum absolute atomic E-state index is 0.158. The van der Waals surface area contributed by atoms with Gasteiger partial charge in [-0.2, -0.15) is 0 Å². The predicted molar refractivity (Wildman–Crippen MR) is 84.8 cm³/mol. The normalized spacial score (nSPS) is 13.4. The number of hydrogen-bond donors (Lipinski definition) is 2. The van der Waals surface area contributed by atoms with E-state index in [2.05, 4.69) is 60.3 Å². The Balaban J connectivity index is 2.48. The number of benzene rings is 1. The molecule has 0 aliphatic rings. The summed E-state index contributed by atoms with van der Waals surface area (Å²) < 4.78 is 6.42.